The van der Waals surface area contributed by atoms with Crippen molar-refractivity contribution in [1.29, 1.82) is 0 Å². The molecule has 2 amide bonds. The van der Waals surface area contributed by atoms with Crippen molar-refractivity contribution in [2.75, 3.05) is 0 Å². The minimum atomic E-state index is -0.250. The third kappa shape index (κ3) is 2.42. The first-order valence-corrected chi connectivity index (χ1v) is 7.31. The summed E-state index contributed by atoms with van der Waals surface area (Å²) in [6.45, 7) is 1.88. The van der Waals surface area contributed by atoms with Crippen molar-refractivity contribution < 1.29 is 9.59 Å². The molecule has 1 aromatic carbocycles. The molecule has 2 fully saturated rings. The lowest BCUT2D eigenvalue weighted by Gasteiger charge is -2.21. The number of amides is 2. The molecule has 0 aromatic heterocycles. The largest absolute Gasteiger partial charge is 0.273 e. The predicted molar refractivity (Wildman–Crippen MR) is 75.7 cm³/mol. The molecule has 3 rings (SSSR count). The average molecular weight is 272 g/mol. The van der Waals surface area contributed by atoms with Gasteiger partial charge in [0.2, 0.25) is 5.91 Å². The highest BCUT2D eigenvalue weighted by atomic mass is 16.2. The molecular formula is C16H20N2O2. The number of aryl methyl sites for hydroxylation is 1. The summed E-state index contributed by atoms with van der Waals surface area (Å²) in [7, 11) is 0. The van der Waals surface area contributed by atoms with Crippen LogP contribution in [0, 0.1) is 24.7 Å². The molecule has 20 heavy (non-hydrogen) atoms. The minimum Gasteiger partial charge on any atom is -0.273 e. The maximum atomic E-state index is 12.1. The van der Waals surface area contributed by atoms with Crippen molar-refractivity contribution in [2.24, 2.45) is 17.8 Å². The number of hydrazine groups is 1. The molecule has 0 radical (unpaired) electrons. The van der Waals surface area contributed by atoms with Crippen molar-refractivity contribution in [1.82, 2.24) is 10.9 Å². The topological polar surface area (TPSA) is 58.2 Å². The number of carbonyl (C=O) groups is 2. The summed E-state index contributed by atoms with van der Waals surface area (Å²) in [5.74, 6) is 1.06. The van der Waals surface area contributed by atoms with E-state index in [1.54, 1.807) is 6.07 Å². The zero-order chi connectivity index (χ0) is 14.1. The monoisotopic (exact) mass is 272 g/mol. The third-order valence-corrected chi connectivity index (χ3v) is 4.76. The quantitative estimate of drug-likeness (QED) is 0.811. The van der Waals surface area contributed by atoms with Crippen molar-refractivity contribution >= 4 is 11.8 Å². The molecule has 0 saturated heterocycles. The van der Waals surface area contributed by atoms with Crippen molar-refractivity contribution in [3.63, 3.8) is 0 Å². The lowest BCUT2D eigenvalue weighted by molar-refractivity contribution is -0.127. The van der Waals surface area contributed by atoms with E-state index in [2.05, 4.69) is 10.9 Å². The van der Waals surface area contributed by atoms with Gasteiger partial charge in [0.05, 0.1) is 0 Å². The normalized spacial score (nSPS) is 27.4. The first-order chi connectivity index (χ1) is 9.65. The SMILES string of the molecule is Cc1ccccc1C(=O)NNC(=O)C1CC2CCC1C2. The second-order valence-corrected chi connectivity index (χ2v) is 6.04. The van der Waals surface area contributed by atoms with E-state index in [1.807, 2.05) is 25.1 Å². The van der Waals surface area contributed by atoms with Crippen molar-refractivity contribution in [3.05, 3.63) is 35.4 Å². The van der Waals surface area contributed by atoms with E-state index in [0.29, 0.717) is 11.5 Å². The van der Waals surface area contributed by atoms with Gasteiger partial charge in [-0.3, -0.25) is 20.4 Å². The summed E-state index contributed by atoms with van der Waals surface area (Å²) in [4.78, 5) is 24.1. The Bertz CT molecular complexity index is 541. The van der Waals surface area contributed by atoms with Gasteiger partial charge >= 0.3 is 0 Å². The fraction of sp³-hybridized carbons (Fsp3) is 0.500. The first-order valence-electron chi connectivity index (χ1n) is 7.31. The summed E-state index contributed by atoms with van der Waals surface area (Å²) >= 11 is 0. The maximum Gasteiger partial charge on any atom is 0.269 e. The van der Waals surface area contributed by atoms with E-state index in [1.165, 1.54) is 12.8 Å². The fourth-order valence-electron chi connectivity index (χ4n) is 3.67. The highest BCUT2D eigenvalue weighted by Crippen LogP contribution is 2.48. The molecule has 4 nitrogen and oxygen atoms in total. The van der Waals surface area contributed by atoms with Gasteiger partial charge in [0, 0.05) is 11.5 Å². The molecule has 4 heteroatoms. The Morgan fingerprint density at radius 1 is 1.10 bits per heavy atom. The minimum absolute atomic E-state index is 0.0286. The Morgan fingerprint density at radius 2 is 1.90 bits per heavy atom. The summed E-state index contributed by atoms with van der Waals surface area (Å²) in [6.07, 6.45) is 4.60. The van der Waals surface area contributed by atoms with Gasteiger partial charge in [0.1, 0.15) is 0 Å². The van der Waals surface area contributed by atoms with Gasteiger partial charge in [-0.25, -0.2) is 0 Å². The number of hydrogen-bond acceptors (Lipinski definition) is 2. The van der Waals surface area contributed by atoms with E-state index in [-0.39, 0.29) is 17.7 Å². The van der Waals surface area contributed by atoms with Crippen LogP contribution in [0.5, 0.6) is 0 Å². The number of hydrogen-bond donors (Lipinski definition) is 2. The molecule has 106 valence electrons. The van der Waals surface area contributed by atoms with Crippen LogP contribution in [-0.4, -0.2) is 11.8 Å². The van der Waals surface area contributed by atoms with Crippen LogP contribution in [0.3, 0.4) is 0 Å². The molecule has 2 saturated carbocycles. The Balaban J connectivity index is 1.56. The van der Waals surface area contributed by atoms with E-state index in [9.17, 15) is 9.59 Å². The lowest BCUT2D eigenvalue weighted by atomic mass is 9.88. The van der Waals surface area contributed by atoms with Crippen LogP contribution in [0.4, 0.5) is 0 Å². The van der Waals surface area contributed by atoms with Gasteiger partial charge < -0.3 is 0 Å². The van der Waals surface area contributed by atoms with E-state index < -0.39 is 0 Å². The van der Waals surface area contributed by atoms with Crippen LogP contribution in [0.2, 0.25) is 0 Å². The summed E-state index contributed by atoms with van der Waals surface area (Å²) < 4.78 is 0. The first kappa shape index (κ1) is 13.2. The van der Waals surface area contributed by atoms with Crippen LogP contribution in [0.15, 0.2) is 24.3 Å². The van der Waals surface area contributed by atoms with Crippen LogP contribution in [0.25, 0.3) is 0 Å². The van der Waals surface area contributed by atoms with Crippen LogP contribution >= 0.6 is 0 Å². The Hall–Kier alpha value is -1.84. The Kier molecular flexibility index (Phi) is 3.47. The summed E-state index contributed by atoms with van der Waals surface area (Å²) in [5.41, 5.74) is 6.63. The maximum absolute atomic E-state index is 12.1. The second kappa shape index (κ2) is 5.27. The van der Waals surface area contributed by atoms with E-state index >= 15 is 0 Å². The zero-order valence-corrected chi connectivity index (χ0v) is 11.7. The van der Waals surface area contributed by atoms with Crippen LogP contribution < -0.4 is 10.9 Å². The highest BCUT2D eigenvalue weighted by molar-refractivity contribution is 5.96. The molecule has 3 unspecified atom stereocenters. The van der Waals surface area contributed by atoms with Crippen LogP contribution in [0.1, 0.15) is 41.6 Å². The summed E-state index contributed by atoms with van der Waals surface area (Å²) in [6, 6.07) is 7.35. The molecule has 3 atom stereocenters. The average Bonchev–Trinajstić information content (AvgIpc) is 3.07. The van der Waals surface area contributed by atoms with Gasteiger partial charge in [0.15, 0.2) is 0 Å². The smallest absolute Gasteiger partial charge is 0.269 e. The standard InChI is InChI=1S/C16H20N2O2/c1-10-4-2-3-5-13(10)15(19)17-18-16(20)14-9-11-6-7-12(14)8-11/h2-5,11-12,14H,6-9H2,1H3,(H,17,19)(H,18,20). The summed E-state index contributed by atoms with van der Waals surface area (Å²) in [5, 5.41) is 0. The predicted octanol–water partition coefficient (Wildman–Crippen LogP) is 2.19. The molecule has 2 bridgehead atoms. The lowest BCUT2D eigenvalue weighted by Crippen LogP contribution is -2.45. The third-order valence-electron chi connectivity index (χ3n) is 4.76. The van der Waals surface area contributed by atoms with Crippen molar-refractivity contribution in [3.8, 4) is 0 Å². The Labute approximate surface area is 118 Å². The molecule has 2 aliphatic rings. The van der Waals surface area contributed by atoms with Crippen molar-refractivity contribution in [2.45, 2.75) is 32.6 Å². The highest BCUT2D eigenvalue weighted by Gasteiger charge is 2.43. The van der Waals surface area contributed by atoms with E-state index in [4.69, 9.17) is 0 Å². The van der Waals surface area contributed by atoms with Gasteiger partial charge in [-0.1, -0.05) is 24.6 Å². The number of nitrogens with one attached hydrogen (secondary N) is 2. The molecule has 0 heterocycles. The van der Waals surface area contributed by atoms with Gasteiger partial charge in [-0.05, 0) is 49.7 Å². The number of benzene rings is 1. The molecule has 2 N–H and O–H groups in total. The van der Waals surface area contributed by atoms with Gasteiger partial charge in [0.25, 0.3) is 5.91 Å². The van der Waals surface area contributed by atoms with Gasteiger partial charge in [-0.2, -0.15) is 0 Å². The fourth-order valence-corrected chi connectivity index (χ4v) is 3.67. The molecule has 0 spiro atoms. The Morgan fingerprint density at radius 3 is 2.55 bits per heavy atom. The van der Waals surface area contributed by atoms with Gasteiger partial charge in [-0.15, -0.1) is 0 Å². The van der Waals surface area contributed by atoms with Crippen LogP contribution in [-0.2, 0) is 4.79 Å². The van der Waals surface area contributed by atoms with E-state index in [0.717, 1.165) is 24.3 Å². The number of rotatable bonds is 2. The zero-order valence-electron chi connectivity index (χ0n) is 11.7. The number of fused-ring (bicyclic) bond motifs is 2. The molecule has 2 aliphatic carbocycles. The molecule has 0 aliphatic heterocycles. The second-order valence-electron chi connectivity index (χ2n) is 6.04. The molecule has 1 aromatic rings. The number of carbonyl (C=O) groups excluding carboxylic acids is 2. The molecular weight excluding hydrogens is 252 g/mol.